The van der Waals surface area contributed by atoms with Crippen molar-refractivity contribution in [1.82, 2.24) is 0 Å². The van der Waals surface area contributed by atoms with E-state index in [9.17, 15) is 0 Å². The van der Waals surface area contributed by atoms with Crippen molar-refractivity contribution < 1.29 is 0 Å². The minimum absolute atomic E-state index is 0.508. The first-order chi connectivity index (χ1) is 6.76. The Morgan fingerprint density at radius 3 is 2.43 bits per heavy atom. The molecule has 0 heterocycles. The third kappa shape index (κ3) is 2.06. The molecule has 0 unspecified atom stereocenters. The minimum atomic E-state index is 0.508. The van der Waals surface area contributed by atoms with Crippen molar-refractivity contribution in [2.24, 2.45) is 5.41 Å². The van der Waals surface area contributed by atoms with Crippen molar-refractivity contribution in [3.8, 4) is 0 Å². The van der Waals surface area contributed by atoms with E-state index in [-0.39, 0.29) is 0 Å². The molecule has 0 N–H and O–H groups in total. The Balaban J connectivity index is 1.99. The number of anilines is 1. The summed E-state index contributed by atoms with van der Waals surface area (Å²) in [7, 11) is 2.17. The van der Waals surface area contributed by atoms with Crippen molar-refractivity contribution in [3.63, 3.8) is 0 Å². The molecule has 2 heteroatoms. The highest BCUT2D eigenvalue weighted by Crippen LogP contribution is 2.47. The van der Waals surface area contributed by atoms with Crippen LogP contribution in [0, 0.1) is 5.41 Å². The molecule has 1 aliphatic carbocycles. The molecule has 0 aliphatic heterocycles. The zero-order valence-electron chi connectivity index (χ0n) is 8.61. The fourth-order valence-corrected chi connectivity index (χ4v) is 2.24. The Morgan fingerprint density at radius 2 is 1.93 bits per heavy atom. The maximum absolute atomic E-state index is 4.42. The van der Waals surface area contributed by atoms with Crippen LogP contribution in [0.4, 0.5) is 5.69 Å². The van der Waals surface area contributed by atoms with Gasteiger partial charge in [0.15, 0.2) is 0 Å². The molecular weight excluding hydrogens is 190 g/mol. The molecule has 2 rings (SSSR count). The molecular formula is C12H17NS. The maximum Gasteiger partial charge on any atom is 0.0363 e. The number of rotatable bonds is 4. The van der Waals surface area contributed by atoms with Crippen molar-refractivity contribution >= 4 is 18.3 Å². The quantitative estimate of drug-likeness (QED) is 0.743. The number of benzene rings is 1. The van der Waals surface area contributed by atoms with Crippen LogP contribution in [0.5, 0.6) is 0 Å². The lowest BCUT2D eigenvalue weighted by Gasteiger charge is -2.24. The van der Waals surface area contributed by atoms with E-state index >= 15 is 0 Å². The van der Waals surface area contributed by atoms with Crippen molar-refractivity contribution in [2.45, 2.75) is 12.8 Å². The molecule has 0 spiro atoms. The van der Waals surface area contributed by atoms with Crippen molar-refractivity contribution in [1.29, 1.82) is 0 Å². The van der Waals surface area contributed by atoms with Gasteiger partial charge in [-0.2, -0.15) is 12.6 Å². The smallest absolute Gasteiger partial charge is 0.0363 e. The molecule has 0 saturated heterocycles. The second-order valence-electron chi connectivity index (χ2n) is 4.35. The summed E-state index contributed by atoms with van der Waals surface area (Å²) in [5, 5.41) is 0. The van der Waals surface area contributed by atoms with Crippen LogP contribution in [0.25, 0.3) is 0 Å². The number of nitrogens with zero attached hydrogens (tertiary/aromatic N) is 1. The monoisotopic (exact) mass is 207 g/mol. The Morgan fingerprint density at radius 1 is 1.29 bits per heavy atom. The van der Waals surface area contributed by atoms with Gasteiger partial charge in [-0.15, -0.1) is 0 Å². The van der Waals surface area contributed by atoms with Gasteiger partial charge in [0.25, 0.3) is 0 Å². The molecule has 0 radical (unpaired) electrons. The summed E-state index contributed by atoms with van der Waals surface area (Å²) in [5.74, 6) is 1.02. The molecule has 1 saturated carbocycles. The summed E-state index contributed by atoms with van der Waals surface area (Å²) in [6, 6.07) is 10.6. The first kappa shape index (κ1) is 9.91. The van der Waals surface area contributed by atoms with Crippen LogP contribution >= 0.6 is 12.6 Å². The van der Waals surface area contributed by atoms with E-state index < -0.39 is 0 Å². The van der Waals surface area contributed by atoms with E-state index in [2.05, 4.69) is 54.9 Å². The average Bonchev–Trinajstić information content (AvgIpc) is 3.00. The van der Waals surface area contributed by atoms with Crippen LogP contribution in [-0.2, 0) is 0 Å². The van der Waals surface area contributed by atoms with E-state index in [0.717, 1.165) is 12.3 Å². The molecule has 0 aromatic heterocycles. The lowest BCUT2D eigenvalue weighted by Crippen LogP contribution is -2.27. The molecule has 76 valence electrons. The first-order valence-corrected chi connectivity index (χ1v) is 5.76. The molecule has 1 fully saturated rings. The minimum Gasteiger partial charge on any atom is -0.374 e. The van der Waals surface area contributed by atoms with Crippen LogP contribution < -0.4 is 4.90 Å². The van der Waals surface area contributed by atoms with Crippen molar-refractivity contribution in [2.75, 3.05) is 24.2 Å². The third-order valence-corrected chi connectivity index (χ3v) is 3.73. The second kappa shape index (κ2) is 3.85. The first-order valence-electron chi connectivity index (χ1n) is 5.13. The SMILES string of the molecule is CN(CC1(CS)CC1)c1ccccc1. The van der Waals surface area contributed by atoms with Gasteiger partial charge < -0.3 is 4.90 Å². The third-order valence-electron chi connectivity index (χ3n) is 3.06. The highest BCUT2D eigenvalue weighted by Gasteiger charge is 2.41. The van der Waals surface area contributed by atoms with E-state index in [1.807, 2.05) is 0 Å². The van der Waals surface area contributed by atoms with Gasteiger partial charge in [-0.05, 0) is 36.1 Å². The molecule has 1 aromatic carbocycles. The largest absolute Gasteiger partial charge is 0.374 e. The van der Waals surface area contributed by atoms with Gasteiger partial charge in [-0.25, -0.2) is 0 Å². The Bertz CT molecular complexity index is 292. The van der Waals surface area contributed by atoms with E-state index in [0.29, 0.717) is 5.41 Å². The van der Waals surface area contributed by atoms with Crippen LogP contribution in [0.1, 0.15) is 12.8 Å². The van der Waals surface area contributed by atoms with Crippen molar-refractivity contribution in [3.05, 3.63) is 30.3 Å². The summed E-state index contributed by atoms with van der Waals surface area (Å²) >= 11 is 4.42. The maximum atomic E-state index is 4.42. The van der Waals surface area contributed by atoms with E-state index in [4.69, 9.17) is 0 Å². The zero-order valence-corrected chi connectivity index (χ0v) is 9.50. The molecule has 14 heavy (non-hydrogen) atoms. The fraction of sp³-hybridized carbons (Fsp3) is 0.500. The van der Waals surface area contributed by atoms with Gasteiger partial charge >= 0.3 is 0 Å². The topological polar surface area (TPSA) is 3.24 Å². The lowest BCUT2D eigenvalue weighted by atomic mass is 10.1. The van der Waals surface area contributed by atoms with E-state index in [1.54, 1.807) is 0 Å². The molecule has 0 atom stereocenters. The van der Waals surface area contributed by atoms with E-state index in [1.165, 1.54) is 18.5 Å². The Hall–Kier alpha value is -0.630. The number of hydrogen-bond donors (Lipinski definition) is 1. The molecule has 0 amide bonds. The predicted molar refractivity (Wildman–Crippen MR) is 65.2 cm³/mol. The molecule has 1 aliphatic rings. The summed E-state index contributed by atoms with van der Waals surface area (Å²) < 4.78 is 0. The Kier molecular flexibility index (Phi) is 2.73. The average molecular weight is 207 g/mol. The summed E-state index contributed by atoms with van der Waals surface area (Å²) in [4.78, 5) is 2.34. The summed E-state index contributed by atoms with van der Waals surface area (Å²) in [5.41, 5.74) is 1.81. The van der Waals surface area contributed by atoms with Gasteiger partial charge in [0.2, 0.25) is 0 Å². The number of hydrogen-bond acceptors (Lipinski definition) is 2. The molecule has 0 bridgehead atoms. The van der Waals surface area contributed by atoms with Crippen LogP contribution in [0.2, 0.25) is 0 Å². The van der Waals surface area contributed by atoms with Crippen LogP contribution in [0.3, 0.4) is 0 Å². The summed E-state index contributed by atoms with van der Waals surface area (Å²) in [6.07, 6.45) is 2.68. The van der Waals surface area contributed by atoms with Gasteiger partial charge in [0.1, 0.15) is 0 Å². The highest BCUT2D eigenvalue weighted by molar-refractivity contribution is 7.80. The van der Waals surface area contributed by atoms with Crippen LogP contribution in [0.15, 0.2) is 30.3 Å². The van der Waals surface area contributed by atoms with Gasteiger partial charge in [-0.1, -0.05) is 18.2 Å². The van der Waals surface area contributed by atoms with Crippen LogP contribution in [-0.4, -0.2) is 19.3 Å². The number of thiol groups is 1. The summed E-state index contributed by atoms with van der Waals surface area (Å²) in [6.45, 7) is 1.14. The van der Waals surface area contributed by atoms with Gasteiger partial charge in [0.05, 0.1) is 0 Å². The standard InChI is InChI=1S/C12H17NS/c1-13(9-12(10-14)7-8-12)11-5-3-2-4-6-11/h2-6,14H,7-10H2,1H3. The zero-order chi connectivity index (χ0) is 10.0. The predicted octanol–water partition coefficient (Wildman–Crippen LogP) is 2.83. The van der Waals surface area contributed by atoms with Gasteiger partial charge in [0, 0.05) is 19.3 Å². The van der Waals surface area contributed by atoms with Gasteiger partial charge in [-0.3, -0.25) is 0 Å². The molecule has 1 nitrogen and oxygen atoms in total. The highest BCUT2D eigenvalue weighted by atomic mass is 32.1. The normalized spacial score (nSPS) is 17.9. The fourth-order valence-electron chi connectivity index (χ4n) is 1.82. The molecule has 1 aromatic rings. The Labute approximate surface area is 91.5 Å². The second-order valence-corrected chi connectivity index (χ2v) is 4.67. The number of para-hydroxylation sites is 1. The lowest BCUT2D eigenvalue weighted by molar-refractivity contribution is 0.581.